The van der Waals surface area contributed by atoms with Crippen molar-refractivity contribution in [1.29, 1.82) is 0 Å². The van der Waals surface area contributed by atoms with Gasteiger partial charge >= 0.3 is 0 Å². The molecule has 0 unspecified atom stereocenters. The van der Waals surface area contributed by atoms with Crippen LogP contribution < -0.4 is 0 Å². The summed E-state index contributed by atoms with van der Waals surface area (Å²) in [5.41, 5.74) is 0.999. The highest BCUT2D eigenvalue weighted by Crippen LogP contribution is 2.14. The lowest BCUT2D eigenvalue weighted by atomic mass is 10.2. The molecule has 2 aromatic rings. The maximum Gasteiger partial charge on any atom is 0.159 e. The Balaban J connectivity index is 2.42. The van der Waals surface area contributed by atoms with Crippen LogP contribution in [0.4, 0.5) is 0 Å². The average Bonchev–Trinajstić information content (AvgIpc) is 2.20. The molecule has 13 heavy (non-hydrogen) atoms. The Bertz CT molecular complexity index is 383. The quantitative estimate of drug-likeness (QED) is 0.691. The van der Waals surface area contributed by atoms with Crippen molar-refractivity contribution >= 4 is 11.6 Å². The predicted molar refractivity (Wildman–Crippen MR) is 52.5 cm³/mol. The van der Waals surface area contributed by atoms with Gasteiger partial charge in [0.05, 0.1) is 5.02 Å². The highest BCUT2D eigenvalue weighted by atomic mass is 35.5. The first-order chi connectivity index (χ1) is 6.36. The fourth-order valence-corrected chi connectivity index (χ4v) is 1.15. The predicted octanol–water partition coefficient (Wildman–Crippen LogP) is 2.80. The Labute approximate surface area is 81.2 Å². The second kappa shape index (κ2) is 3.54. The number of nitrogens with zero attached hydrogens (tertiary/aromatic N) is 2. The second-order valence-corrected chi connectivity index (χ2v) is 3.03. The van der Waals surface area contributed by atoms with E-state index < -0.39 is 0 Å². The van der Waals surface area contributed by atoms with E-state index in [2.05, 4.69) is 9.97 Å². The summed E-state index contributed by atoms with van der Waals surface area (Å²) >= 11 is 5.67. The van der Waals surface area contributed by atoms with E-state index >= 15 is 0 Å². The summed E-state index contributed by atoms with van der Waals surface area (Å²) < 4.78 is 0. The molecule has 0 radical (unpaired) electrons. The fourth-order valence-electron chi connectivity index (χ4n) is 1.05. The fraction of sp³-hybridized carbons (Fsp3) is 0. The van der Waals surface area contributed by atoms with E-state index in [4.69, 9.17) is 11.6 Å². The highest BCUT2D eigenvalue weighted by molar-refractivity contribution is 6.30. The molecule has 0 aliphatic heterocycles. The van der Waals surface area contributed by atoms with Crippen molar-refractivity contribution in [3.05, 3.63) is 47.7 Å². The number of hydrogen-bond acceptors (Lipinski definition) is 2. The molecule has 0 aliphatic carbocycles. The van der Waals surface area contributed by atoms with Gasteiger partial charge in [0, 0.05) is 18.0 Å². The lowest BCUT2D eigenvalue weighted by molar-refractivity contribution is 1.18. The molecule has 3 heteroatoms. The maximum atomic E-state index is 5.67. The number of benzene rings is 1. The van der Waals surface area contributed by atoms with Gasteiger partial charge in [-0.25, -0.2) is 9.97 Å². The van der Waals surface area contributed by atoms with Gasteiger partial charge in [0.25, 0.3) is 0 Å². The van der Waals surface area contributed by atoms with Gasteiger partial charge in [-0.3, -0.25) is 0 Å². The molecular formula is C10H7ClN2. The van der Waals surface area contributed by atoms with Gasteiger partial charge in [-0.1, -0.05) is 41.9 Å². The van der Waals surface area contributed by atoms with E-state index in [1.54, 1.807) is 12.4 Å². The van der Waals surface area contributed by atoms with E-state index in [-0.39, 0.29) is 0 Å². The van der Waals surface area contributed by atoms with Gasteiger partial charge < -0.3 is 0 Å². The molecule has 2 rings (SSSR count). The van der Waals surface area contributed by atoms with Crippen molar-refractivity contribution in [2.24, 2.45) is 0 Å². The first-order valence-corrected chi connectivity index (χ1v) is 4.27. The third-order valence-electron chi connectivity index (χ3n) is 1.65. The first-order valence-electron chi connectivity index (χ1n) is 3.89. The van der Waals surface area contributed by atoms with Crippen molar-refractivity contribution in [2.75, 3.05) is 0 Å². The van der Waals surface area contributed by atoms with Crippen LogP contribution in [0.25, 0.3) is 11.4 Å². The Morgan fingerprint density at radius 2 is 1.54 bits per heavy atom. The van der Waals surface area contributed by atoms with E-state index in [9.17, 15) is 0 Å². The van der Waals surface area contributed by atoms with Crippen LogP contribution >= 0.6 is 11.6 Å². The van der Waals surface area contributed by atoms with E-state index in [1.165, 1.54) is 0 Å². The molecule has 1 aromatic heterocycles. The van der Waals surface area contributed by atoms with Gasteiger partial charge in [-0.15, -0.1) is 0 Å². The Kier molecular flexibility index (Phi) is 2.23. The molecule has 2 nitrogen and oxygen atoms in total. The normalized spacial score (nSPS) is 9.92. The van der Waals surface area contributed by atoms with Crippen LogP contribution in [0.3, 0.4) is 0 Å². The Hall–Kier alpha value is -1.41. The number of hydrogen-bond donors (Lipinski definition) is 0. The van der Waals surface area contributed by atoms with Crippen molar-refractivity contribution in [3.8, 4) is 11.4 Å². The van der Waals surface area contributed by atoms with E-state index in [0.717, 1.165) is 5.56 Å². The minimum atomic E-state index is 0.555. The summed E-state index contributed by atoms with van der Waals surface area (Å²) in [4.78, 5) is 8.21. The van der Waals surface area contributed by atoms with Crippen LogP contribution in [0.2, 0.25) is 5.02 Å². The largest absolute Gasteiger partial charge is 0.235 e. The van der Waals surface area contributed by atoms with Crippen LogP contribution in [-0.2, 0) is 0 Å². The van der Waals surface area contributed by atoms with Gasteiger partial charge in [0.1, 0.15) is 0 Å². The smallest absolute Gasteiger partial charge is 0.159 e. The lowest BCUT2D eigenvalue weighted by Crippen LogP contribution is -1.86. The molecule has 0 saturated heterocycles. The summed E-state index contributed by atoms with van der Waals surface area (Å²) in [6.45, 7) is 0. The van der Waals surface area contributed by atoms with Crippen LogP contribution in [0.15, 0.2) is 42.7 Å². The molecule has 1 heterocycles. The zero-order valence-electron chi connectivity index (χ0n) is 6.81. The topological polar surface area (TPSA) is 25.8 Å². The van der Waals surface area contributed by atoms with Crippen LogP contribution in [0, 0.1) is 0 Å². The van der Waals surface area contributed by atoms with Crippen molar-refractivity contribution in [2.45, 2.75) is 0 Å². The minimum Gasteiger partial charge on any atom is -0.235 e. The monoisotopic (exact) mass is 190 g/mol. The summed E-state index contributed by atoms with van der Waals surface area (Å²) in [6, 6.07) is 9.78. The third kappa shape index (κ3) is 1.84. The first kappa shape index (κ1) is 8.20. The zero-order chi connectivity index (χ0) is 9.10. The highest BCUT2D eigenvalue weighted by Gasteiger charge is 1.97. The standard InChI is InChI=1S/C10H7ClN2/c11-9-6-12-10(13-7-9)8-4-2-1-3-5-8/h1-7H. The molecule has 0 amide bonds. The molecule has 0 saturated carbocycles. The molecule has 0 atom stereocenters. The third-order valence-corrected chi connectivity index (χ3v) is 1.85. The lowest BCUT2D eigenvalue weighted by Gasteiger charge is -1.97. The molecule has 0 fully saturated rings. The number of aromatic nitrogens is 2. The molecule has 0 spiro atoms. The van der Waals surface area contributed by atoms with Crippen molar-refractivity contribution in [1.82, 2.24) is 9.97 Å². The molecular weight excluding hydrogens is 184 g/mol. The Morgan fingerprint density at radius 3 is 2.15 bits per heavy atom. The van der Waals surface area contributed by atoms with Crippen LogP contribution in [-0.4, -0.2) is 9.97 Å². The van der Waals surface area contributed by atoms with Crippen molar-refractivity contribution in [3.63, 3.8) is 0 Å². The number of rotatable bonds is 1. The van der Waals surface area contributed by atoms with Gasteiger partial charge in [0.2, 0.25) is 0 Å². The molecule has 1 aromatic carbocycles. The number of halogens is 1. The maximum absolute atomic E-state index is 5.67. The van der Waals surface area contributed by atoms with Crippen molar-refractivity contribution < 1.29 is 0 Å². The summed E-state index contributed by atoms with van der Waals surface area (Å²) in [6.07, 6.45) is 3.19. The summed E-state index contributed by atoms with van der Waals surface area (Å²) in [5, 5.41) is 0.555. The Morgan fingerprint density at radius 1 is 0.923 bits per heavy atom. The molecule has 0 aliphatic rings. The SMILES string of the molecule is Clc1cnc(-c2ccccc2)nc1. The molecule has 64 valence electrons. The van der Waals surface area contributed by atoms with Crippen LogP contribution in [0.1, 0.15) is 0 Å². The summed E-state index contributed by atoms with van der Waals surface area (Å²) in [5.74, 6) is 0.699. The van der Waals surface area contributed by atoms with Gasteiger partial charge in [-0.2, -0.15) is 0 Å². The molecule has 0 N–H and O–H groups in total. The molecule has 0 bridgehead atoms. The van der Waals surface area contributed by atoms with E-state index in [0.29, 0.717) is 10.8 Å². The second-order valence-electron chi connectivity index (χ2n) is 2.59. The van der Waals surface area contributed by atoms with Gasteiger partial charge in [0.15, 0.2) is 5.82 Å². The summed E-state index contributed by atoms with van der Waals surface area (Å²) in [7, 11) is 0. The zero-order valence-corrected chi connectivity index (χ0v) is 7.57. The van der Waals surface area contributed by atoms with Gasteiger partial charge in [-0.05, 0) is 0 Å². The average molecular weight is 191 g/mol. The van der Waals surface area contributed by atoms with Crippen LogP contribution in [0.5, 0.6) is 0 Å². The minimum absolute atomic E-state index is 0.555. The van der Waals surface area contributed by atoms with E-state index in [1.807, 2.05) is 30.3 Å².